The third-order valence-electron chi connectivity index (χ3n) is 5.76. The number of hydrogen-bond acceptors (Lipinski definition) is 3. The summed E-state index contributed by atoms with van der Waals surface area (Å²) in [7, 11) is 0. The van der Waals surface area contributed by atoms with Gasteiger partial charge in [-0.2, -0.15) is 0 Å². The molecule has 1 aromatic rings. The van der Waals surface area contributed by atoms with Gasteiger partial charge in [0, 0.05) is 31.1 Å². The zero-order valence-corrected chi connectivity index (χ0v) is 16.6. The van der Waals surface area contributed by atoms with Gasteiger partial charge in [-0.3, -0.25) is 4.79 Å². The molecule has 0 unspecified atom stereocenters. The summed E-state index contributed by atoms with van der Waals surface area (Å²) < 4.78 is 11.4. The van der Waals surface area contributed by atoms with E-state index < -0.39 is 0 Å². The summed E-state index contributed by atoms with van der Waals surface area (Å²) in [5.41, 5.74) is 1.04. The van der Waals surface area contributed by atoms with Crippen LogP contribution < -0.4 is 0 Å². The Morgan fingerprint density at radius 1 is 1.27 bits per heavy atom. The molecule has 0 spiro atoms. The molecular formula is C21H30ClNO3. The maximum absolute atomic E-state index is 13.0. The van der Waals surface area contributed by atoms with Crippen molar-refractivity contribution < 1.29 is 14.3 Å². The van der Waals surface area contributed by atoms with E-state index in [2.05, 4.69) is 19.9 Å². The van der Waals surface area contributed by atoms with Crippen LogP contribution in [0, 0.1) is 11.3 Å². The largest absolute Gasteiger partial charge is 0.378 e. The number of carbonyl (C=O) groups is 1. The topological polar surface area (TPSA) is 38.8 Å². The molecule has 3 rings (SSSR count). The minimum atomic E-state index is -0.0897. The Labute approximate surface area is 161 Å². The second kappa shape index (κ2) is 8.73. The molecule has 2 aliphatic rings. The number of morpholine rings is 1. The molecule has 2 fully saturated rings. The van der Waals surface area contributed by atoms with Crippen LogP contribution in [0.4, 0.5) is 0 Å². The van der Waals surface area contributed by atoms with Crippen LogP contribution in [0.25, 0.3) is 0 Å². The van der Waals surface area contributed by atoms with E-state index in [-0.39, 0.29) is 17.4 Å². The fourth-order valence-electron chi connectivity index (χ4n) is 4.12. The van der Waals surface area contributed by atoms with Crippen LogP contribution in [0.5, 0.6) is 0 Å². The van der Waals surface area contributed by atoms with Crippen LogP contribution in [-0.2, 0) is 20.7 Å². The van der Waals surface area contributed by atoms with Crippen LogP contribution in [0.1, 0.15) is 38.7 Å². The van der Waals surface area contributed by atoms with Gasteiger partial charge in [0.1, 0.15) is 0 Å². The maximum Gasteiger partial charge on any atom is 0.223 e. The molecule has 0 bridgehead atoms. The van der Waals surface area contributed by atoms with Crippen molar-refractivity contribution in [3.63, 3.8) is 0 Å². The number of nitrogens with zero attached hydrogens (tertiary/aromatic N) is 1. The van der Waals surface area contributed by atoms with Crippen LogP contribution in [0.2, 0.25) is 5.02 Å². The van der Waals surface area contributed by atoms with Crippen molar-refractivity contribution in [2.75, 3.05) is 32.9 Å². The summed E-state index contributed by atoms with van der Waals surface area (Å²) in [5, 5.41) is 0.790. The van der Waals surface area contributed by atoms with E-state index >= 15 is 0 Å². The summed E-state index contributed by atoms with van der Waals surface area (Å²) in [5.74, 6) is 0.684. The van der Waals surface area contributed by atoms with Crippen molar-refractivity contribution in [1.29, 1.82) is 0 Å². The molecule has 144 valence electrons. The van der Waals surface area contributed by atoms with E-state index in [0.717, 1.165) is 29.8 Å². The minimum absolute atomic E-state index is 0.0897. The lowest BCUT2D eigenvalue weighted by atomic mass is 9.69. The predicted octanol–water partition coefficient (Wildman–Crippen LogP) is 3.95. The number of carbonyl (C=O) groups excluding carboxylic acids is 1. The SMILES string of the molecule is CC(C)[C@H]1C[C@@](CC(=O)N2CCOCC2)(Cc2ccccc2Cl)CCO1. The number of ether oxygens (including phenoxy) is 2. The van der Waals surface area contributed by atoms with Gasteiger partial charge in [0.15, 0.2) is 0 Å². The maximum atomic E-state index is 13.0. The van der Waals surface area contributed by atoms with E-state index in [9.17, 15) is 4.79 Å². The molecule has 0 radical (unpaired) electrons. The van der Waals surface area contributed by atoms with Gasteiger partial charge in [-0.25, -0.2) is 0 Å². The first kappa shape index (κ1) is 19.7. The minimum Gasteiger partial charge on any atom is -0.378 e. The quantitative estimate of drug-likeness (QED) is 0.777. The average molecular weight is 380 g/mol. The Kier molecular flexibility index (Phi) is 6.60. The Bertz CT molecular complexity index is 615. The second-order valence-corrected chi connectivity index (χ2v) is 8.45. The van der Waals surface area contributed by atoms with Gasteiger partial charge in [0.2, 0.25) is 5.91 Å². The summed E-state index contributed by atoms with van der Waals surface area (Å²) in [6.45, 7) is 7.78. The lowest BCUT2D eigenvalue weighted by molar-refractivity contribution is -0.142. The Morgan fingerprint density at radius 3 is 2.69 bits per heavy atom. The molecule has 0 N–H and O–H groups in total. The van der Waals surface area contributed by atoms with E-state index in [1.54, 1.807) is 0 Å². The number of benzene rings is 1. The van der Waals surface area contributed by atoms with Gasteiger partial charge in [0.05, 0.1) is 19.3 Å². The number of amides is 1. The molecule has 4 nitrogen and oxygen atoms in total. The monoisotopic (exact) mass is 379 g/mol. The van der Waals surface area contributed by atoms with E-state index in [1.165, 1.54) is 0 Å². The van der Waals surface area contributed by atoms with Gasteiger partial charge >= 0.3 is 0 Å². The van der Waals surface area contributed by atoms with Crippen molar-refractivity contribution in [2.45, 2.75) is 45.6 Å². The summed E-state index contributed by atoms with van der Waals surface area (Å²) in [6.07, 6.45) is 3.40. The molecular weight excluding hydrogens is 350 g/mol. The zero-order valence-electron chi connectivity index (χ0n) is 15.9. The van der Waals surface area contributed by atoms with Gasteiger partial charge < -0.3 is 14.4 Å². The second-order valence-electron chi connectivity index (χ2n) is 8.05. The van der Waals surface area contributed by atoms with E-state index in [4.69, 9.17) is 21.1 Å². The fraction of sp³-hybridized carbons (Fsp3) is 0.667. The molecule has 5 heteroatoms. The molecule has 2 heterocycles. The highest BCUT2D eigenvalue weighted by atomic mass is 35.5. The standard InChI is InChI=1S/C21H30ClNO3/c1-16(2)19-14-21(7-10-26-19,13-17-5-3-4-6-18(17)22)15-20(24)23-8-11-25-12-9-23/h3-6,16,19H,7-15H2,1-2H3/t19-,21+/m1/s1. The molecule has 2 atom stereocenters. The predicted molar refractivity (Wildman–Crippen MR) is 103 cm³/mol. The Hall–Kier alpha value is -1.10. The third kappa shape index (κ3) is 4.79. The van der Waals surface area contributed by atoms with Crippen LogP contribution in [0.3, 0.4) is 0 Å². The van der Waals surface area contributed by atoms with Crippen LogP contribution in [0.15, 0.2) is 24.3 Å². The van der Waals surface area contributed by atoms with Crippen molar-refractivity contribution in [3.8, 4) is 0 Å². The lowest BCUT2D eigenvalue weighted by Crippen LogP contribution is -2.46. The molecule has 0 aliphatic carbocycles. The van der Waals surface area contributed by atoms with Crippen molar-refractivity contribution >= 4 is 17.5 Å². The number of halogens is 1. The number of hydrogen-bond donors (Lipinski definition) is 0. The van der Waals surface area contributed by atoms with Crippen LogP contribution >= 0.6 is 11.6 Å². The summed E-state index contributed by atoms with van der Waals surface area (Å²) in [4.78, 5) is 15.0. The Morgan fingerprint density at radius 2 is 2.00 bits per heavy atom. The van der Waals surface area contributed by atoms with Crippen LogP contribution in [-0.4, -0.2) is 49.8 Å². The highest BCUT2D eigenvalue weighted by Gasteiger charge is 2.41. The summed E-state index contributed by atoms with van der Waals surface area (Å²) in [6, 6.07) is 8.01. The highest BCUT2D eigenvalue weighted by Crippen LogP contribution is 2.43. The van der Waals surface area contributed by atoms with E-state index in [0.29, 0.717) is 45.2 Å². The molecule has 0 saturated carbocycles. The average Bonchev–Trinajstić information content (AvgIpc) is 2.64. The van der Waals surface area contributed by atoms with Crippen molar-refractivity contribution in [3.05, 3.63) is 34.9 Å². The van der Waals surface area contributed by atoms with Crippen molar-refractivity contribution in [1.82, 2.24) is 4.90 Å². The molecule has 0 aromatic heterocycles. The van der Waals surface area contributed by atoms with Gasteiger partial charge in [-0.1, -0.05) is 43.6 Å². The molecule has 1 aromatic carbocycles. The third-order valence-corrected chi connectivity index (χ3v) is 6.12. The van der Waals surface area contributed by atoms with Gasteiger partial charge in [-0.15, -0.1) is 0 Å². The Balaban J connectivity index is 1.81. The van der Waals surface area contributed by atoms with Gasteiger partial charge in [-0.05, 0) is 42.2 Å². The van der Waals surface area contributed by atoms with Crippen molar-refractivity contribution in [2.24, 2.45) is 11.3 Å². The molecule has 2 saturated heterocycles. The highest BCUT2D eigenvalue weighted by molar-refractivity contribution is 6.31. The first-order valence-corrected chi connectivity index (χ1v) is 10.1. The molecule has 2 aliphatic heterocycles. The first-order valence-electron chi connectivity index (χ1n) is 9.70. The molecule has 1 amide bonds. The zero-order chi connectivity index (χ0) is 18.6. The normalized spacial score (nSPS) is 26.9. The smallest absolute Gasteiger partial charge is 0.223 e. The number of rotatable bonds is 5. The molecule has 26 heavy (non-hydrogen) atoms. The lowest BCUT2D eigenvalue weighted by Gasteiger charge is -2.43. The van der Waals surface area contributed by atoms with E-state index in [1.807, 2.05) is 23.1 Å². The fourth-order valence-corrected chi connectivity index (χ4v) is 4.32. The first-order chi connectivity index (χ1) is 12.5. The van der Waals surface area contributed by atoms with Gasteiger partial charge in [0.25, 0.3) is 0 Å². The summed E-state index contributed by atoms with van der Waals surface area (Å²) >= 11 is 6.45.